The third-order valence-corrected chi connectivity index (χ3v) is 4.41. The van der Waals surface area contributed by atoms with Crippen molar-refractivity contribution < 1.29 is 17.9 Å². The van der Waals surface area contributed by atoms with E-state index in [2.05, 4.69) is 10.0 Å². The summed E-state index contributed by atoms with van der Waals surface area (Å²) in [7, 11) is -3.44. The number of nitrogens with one attached hydrogen (secondary N) is 2. The van der Waals surface area contributed by atoms with Gasteiger partial charge in [0.15, 0.2) is 0 Å². The van der Waals surface area contributed by atoms with E-state index in [1.54, 1.807) is 0 Å². The zero-order chi connectivity index (χ0) is 19.3. The molecule has 2 aromatic carbocycles. The van der Waals surface area contributed by atoms with E-state index in [1.165, 1.54) is 18.2 Å². The van der Waals surface area contributed by atoms with Crippen LogP contribution in [0.15, 0.2) is 42.5 Å². The van der Waals surface area contributed by atoms with E-state index < -0.39 is 15.9 Å². The summed E-state index contributed by atoms with van der Waals surface area (Å²) in [6, 6.07) is 11.7. The highest BCUT2D eigenvalue weighted by Crippen LogP contribution is 2.21. The van der Waals surface area contributed by atoms with Gasteiger partial charge in [0.2, 0.25) is 10.0 Å². The first-order valence-electron chi connectivity index (χ1n) is 7.92. The maximum atomic E-state index is 12.4. The summed E-state index contributed by atoms with van der Waals surface area (Å²) in [6.45, 7) is 4.04. The van der Waals surface area contributed by atoms with Crippen molar-refractivity contribution >= 4 is 33.2 Å². The van der Waals surface area contributed by atoms with Crippen LogP contribution in [0.25, 0.3) is 0 Å². The summed E-state index contributed by atoms with van der Waals surface area (Å²) in [4.78, 5) is 12.4. The molecule has 0 fully saturated rings. The highest BCUT2D eigenvalue weighted by molar-refractivity contribution is 7.92. The number of aryl methyl sites for hydroxylation is 1. The summed E-state index contributed by atoms with van der Waals surface area (Å²) < 4.78 is 30.7. The molecule has 6 nitrogen and oxygen atoms in total. The van der Waals surface area contributed by atoms with Crippen LogP contribution in [0.2, 0.25) is 5.02 Å². The maximum absolute atomic E-state index is 12.4. The topological polar surface area (TPSA) is 84.5 Å². The Bertz CT molecular complexity index is 900. The smallest absolute Gasteiger partial charge is 0.253 e. The van der Waals surface area contributed by atoms with Gasteiger partial charge < -0.3 is 10.1 Å². The molecule has 1 amide bonds. The molecule has 140 valence electrons. The Morgan fingerprint density at radius 1 is 1.23 bits per heavy atom. The molecule has 8 heteroatoms. The molecule has 2 N–H and O–H groups in total. The van der Waals surface area contributed by atoms with Gasteiger partial charge in [-0.2, -0.15) is 0 Å². The van der Waals surface area contributed by atoms with Gasteiger partial charge in [-0.3, -0.25) is 9.52 Å². The lowest BCUT2D eigenvalue weighted by Gasteiger charge is -2.17. The van der Waals surface area contributed by atoms with E-state index in [4.69, 9.17) is 16.3 Å². The standard InChI is InChI=1S/C18H21ClN2O4S/c1-12-6-4-5-7-17(12)25-11-13(2)20-18(22)15-10-14(8-9-16(15)19)21-26(3,23)24/h4-10,13,21H,11H2,1-3H3,(H,20,22)/t13-/m1/s1. The lowest BCUT2D eigenvalue weighted by atomic mass is 10.1. The summed E-state index contributed by atoms with van der Waals surface area (Å²) in [5.74, 6) is 0.346. The Morgan fingerprint density at radius 3 is 2.58 bits per heavy atom. The minimum Gasteiger partial charge on any atom is -0.491 e. The van der Waals surface area contributed by atoms with Crippen LogP contribution in [-0.4, -0.2) is 33.2 Å². The largest absolute Gasteiger partial charge is 0.491 e. The molecule has 0 heterocycles. The number of benzene rings is 2. The second kappa shape index (κ2) is 8.42. The summed E-state index contributed by atoms with van der Waals surface area (Å²) >= 11 is 6.07. The van der Waals surface area contributed by atoms with Gasteiger partial charge in [-0.25, -0.2) is 8.42 Å². The molecule has 0 saturated carbocycles. The first-order valence-corrected chi connectivity index (χ1v) is 10.2. The van der Waals surface area contributed by atoms with Gasteiger partial charge in [-0.1, -0.05) is 29.8 Å². The molecule has 0 radical (unpaired) electrons. The van der Waals surface area contributed by atoms with Crippen molar-refractivity contribution in [2.75, 3.05) is 17.6 Å². The molecule has 0 aromatic heterocycles. The second-order valence-corrected chi connectivity index (χ2v) is 8.18. The van der Waals surface area contributed by atoms with E-state index >= 15 is 0 Å². The zero-order valence-corrected chi connectivity index (χ0v) is 16.3. The van der Waals surface area contributed by atoms with E-state index in [0.29, 0.717) is 0 Å². The van der Waals surface area contributed by atoms with E-state index in [9.17, 15) is 13.2 Å². The number of rotatable bonds is 7. The van der Waals surface area contributed by atoms with Gasteiger partial charge >= 0.3 is 0 Å². The second-order valence-electron chi connectivity index (χ2n) is 6.02. The van der Waals surface area contributed by atoms with Gasteiger partial charge in [0.05, 0.1) is 22.9 Å². The fourth-order valence-corrected chi connectivity index (χ4v) is 3.01. The van der Waals surface area contributed by atoms with E-state index in [-0.39, 0.29) is 28.9 Å². The van der Waals surface area contributed by atoms with Crippen LogP contribution in [0.5, 0.6) is 5.75 Å². The normalized spacial score (nSPS) is 12.3. The number of halogens is 1. The lowest BCUT2D eigenvalue weighted by molar-refractivity contribution is 0.0927. The maximum Gasteiger partial charge on any atom is 0.253 e. The number of ether oxygens (including phenoxy) is 1. The van der Waals surface area contributed by atoms with Gasteiger partial charge in [-0.15, -0.1) is 0 Å². The fraction of sp³-hybridized carbons (Fsp3) is 0.278. The molecule has 1 atom stereocenters. The van der Waals surface area contributed by atoms with Crippen molar-refractivity contribution in [1.29, 1.82) is 0 Å². The van der Waals surface area contributed by atoms with Crippen molar-refractivity contribution in [2.24, 2.45) is 0 Å². The Morgan fingerprint density at radius 2 is 1.92 bits per heavy atom. The number of hydrogen-bond acceptors (Lipinski definition) is 4. The van der Waals surface area contributed by atoms with Gasteiger partial charge in [0, 0.05) is 5.69 Å². The number of carbonyl (C=O) groups is 1. The lowest BCUT2D eigenvalue weighted by Crippen LogP contribution is -2.37. The highest BCUT2D eigenvalue weighted by Gasteiger charge is 2.15. The predicted octanol–water partition coefficient (Wildman–Crippen LogP) is 3.22. The van der Waals surface area contributed by atoms with Crippen LogP contribution in [0.4, 0.5) is 5.69 Å². The van der Waals surface area contributed by atoms with Crippen molar-refractivity contribution in [3.8, 4) is 5.75 Å². The molecule has 2 rings (SSSR count). The molecule has 2 aromatic rings. The van der Waals surface area contributed by atoms with Crippen LogP contribution >= 0.6 is 11.6 Å². The van der Waals surface area contributed by atoms with E-state index in [1.807, 2.05) is 38.1 Å². The predicted molar refractivity (Wildman–Crippen MR) is 104 cm³/mol. The van der Waals surface area contributed by atoms with E-state index in [0.717, 1.165) is 17.6 Å². The molecule has 0 bridgehead atoms. The molecule has 0 aliphatic heterocycles. The average Bonchev–Trinajstić information content (AvgIpc) is 2.54. The van der Waals surface area contributed by atoms with Crippen molar-refractivity contribution in [1.82, 2.24) is 5.32 Å². The molecular formula is C18H21ClN2O4S. The van der Waals surface area contributed by atoms with Crippen LogP contribution in [-0.2, 0) is 10.0 Å². The molecule has 0 unspecified atom stereocenters. The van der Waals surface area contributed by atoms with Crippen LogP contribution in [0, 0.1) is 6.92 Å². The molecule has 26 heavy (non-hydrogen) atoms. The minimum atomic E-state index is -3.44. The fourth-order valence-electron chi connectivity index (χ4n) is 2.25. The summed E-state index contributed by atoms with van der Waals surface area (Å²) in [6.07, 6.45) is 1.03. The number of carbonyl (C=O) groups excluding carboxylic acids is 1. The Hall–Kier alpha value is -2.25. The molecule has 0 aliphatic rings. The molecule has 0 aliphatic carbocycles. The average molecular weight is 397 g/mol. The number of hydrogen-bond donors (Lipinski definition) is 2. The third-order valence-electron chi connectivity index (χ3n) is 3.47. The minimum absolute atomic E-state index is 0.183. The monoisotopic (exact) mass is 396 g/mol. The van der Waals surface area contributed by atoms with Crippen LogP contribution < -0.4 is 14.8 Å². The Labute approximate surface area is 158 Å². The van der Waals surface area contributed by atoms with Gasteiger partial charge in [0.25, 0.3) is 5.91 Å². The third kappa shape index (κ3) is 5.93. The van der Waals surface area contributed by atoms with Crippen molar-refractivity contribution in [3.05, 3.63) is 58.6 Å². The molecule has 0 spiro atoms. The Balaban J connectivity index is 2.02. The number of sulfonamides is 1. The van der Waals surface area contributed by atoms with Crippen LogP contribution in [0.3, 0.4) is 0 Å². The Kier molecular flexibility index (Phi) is 6.50. The van der Waals surface area contributed by atoms with Gasteiger partial charge in [-0.05, 0) is 43.7 Å². The van der Waals surface area contributed by atoms with Crippen molar-refractivity contribution in [2.45, 2.75) is 19.9 Å². The molecular weight excluding hydrogens is 376 g/mol. The van der Waals surface area contributed by atoms with Crippen LogP contribution in [0.1, 0.15) is 22.8 Å². The molecule has 0 saturated heterocycles. The number of para-hydroxylation sites is 1. The number of anilines is 1. The summed E-state index contributed by atoms with van der Waals surface area (Å²) in [5, 5.41) is 3.02. The zero-order valence-electron chi connectivity index (χ0n) is 14.7. The summed E-state index contributed by atoms with van der Waals surface area (Å²) in [5.41, 5.74) is 1.46. The SMILES string of the molecule is Cc1ccccc1OC[C@@H](C)NC(=O)c1cc(NS(C)(=O)=O)ccc1Cl. The highest BCUT2D eigenvalue weighted by atomic mass is 35.5. The number of amides is 1. The van der Waals surface area contributed by atoms with Crippen molar-refractivity contribution in [3.63, 3.8) is 0 Å². The quantitative estimate of drug-likeness (QED) is 0.752. The van der Waals surface area contributed by atoms with Gasteiger partial charge in [0.1, 0.15) is 12.4 Å². The first-order chi connectivity index (χ1) is 12.2. The first kappa shape index (κ1) is 20.1.